The van der Waals surface area contributed by atoms with Crippen LogP contribution >= 0.6 is 35.3 Å². The molecule has 0 unspecified atom stereocenters. The van der Waals surface area contributed by atoms with Crippen LogP contribution in [0.15, 0.2) is 10.4 Å². The van der Waals surface area contributed by atoms with Crippen molar-refractivity contribution in [2.45, 2.75) is 26.3 Å². The van der Waals surface area contributed by atoms with E-state index < -0.39 is 0 Å². The van der Waals surface area contributed by atoms with Crippen molar-refractivity contribution < 1.29 is 9.84 Å². The summed E-state index contributed by atoms with van der Waals surface area (Å²) >= 11 is 1.66. The highest BCUT2D eigenvalue weighted by molar-refractivity contribution is 14.0. The SMILES string of the molecule is CN=C(NCC1(CO)CCOCC1)N(C)Cc1csc(C)n1.I. The van der Waals surface area contributed by atoms with Gasteiger partial charge in [0.25, 0.3) is 0 Å². The van der Waals surface area contributed by atoms with Gasteiger partial charge in [0, 0.05) is 44.6 Å². The molecule has 2 rings (SSSR count). The van der Waals surface area contributed by atoms with Gasteiger partial charge < -0.3 is 20.1 Å². The van der Waals surface area contributed by atoms with Gasteiger partial charge >= 0.3 is 0 Å². The maximum atomic E-state index is 9.75. The zero-order chi connectivity index (χ0) is 16.0. The molecule has 0 amide bonds. The molecule has 6 nitrogen and oxygen atoms in total. The van der Waals surface area contributed by atoms with Crippen LogP contribution in [0.25, 0.3) is 0 Å². The first-order valence-electron chi connectivity index (χ1n) is 7.60. The van der Waals surface area contributed by atoms with Gasteiger partial charge in [-0.1, -0.05) is 0 Å². The van der Waals surface area contributed by atoms with Gasteiger partial charge in [-0.25, -0.2) is 4.98 Å². The highest BCUT2D eigenvalue weighted by atomic mass is 127. The Kier molecular flexibility index (Phi) is 8.73. The standard InChI is InChI=1S/C15H26N4O2S.HI/c1-12-18-13(9-22-12)8-19(3)14(16-2)17-10-15(11-20)4-6-21-7-5-15;/h9,20H,4-8,10-11H2,1-3H3,(H,16,17);1H. The number of aryl methyl sites for hydroxylation is 1. The van der Waals surface area contributed by atoms with E-state index in [9.17, 15) is 5.11 Å². The van der Waals surface area contributed by atoms with E-state index in [2.05, 4.69) is 25.6 Å². The fourth-order valence-corrected chi connectivity index (χ4v) is 3.25. The molecule has 0 radical (unpaired) electrons. The summed E-state index contributed by atoms with van der Waals surface area (Å²) in [5.74, 6) is 0.824. The summed E-state index contributed by atoms with van der Waals surface area (Å²) in [4.78, 5) is 10.9. The lowest BCUT2D eigenvalue weighted by atomic mass is 9.81. The van der Waals surface area contributed by atoms with E-state index in [-0.39, 0.29) is 36.0 Å². The molecule has 1 aliphatic heterocycles. The first kappa shape index (κ1) is 20.6. The van der Waals surface area contributed by atoms with Crippen LogP contribution in [-0.2, 0) is 11.3 Å². The smallest absolute Gasteiger partial charge is 0.193 e. The van der Waals surface area contributed by atoms with E-state index in [0.29, 0.717) is 6.54 Å². The van der Waals surface area contributed by atoms with Crippen LogP contribution < -0.4 is 5.32 Å². The van der Waals surface area contributed by atoms with Crippen LogP contribution in [0.5, 0.6) is 0 Å². The molecule has 1 aromatic rings. The van der Waals surface area contributed by atoms with Gasteiger partial charge in [0.15, 0.2) is 5.96 Å². The zero-order valence-corrected chi connectivity index (χ0v) is 17.2. The first-order chi connectivity index (χ1) is 10.6. The number of rotatable bonds is 5. The quantitative estimate of drug-likeness (QED) is 0.404. The van der Waals surface area contributed by atoms with Crippen LogP contribution in [0.4, 0.5) is 0 Å². The third-order valence-electron chi connectivity index (χ3n) is 4.15. The number of ether oxygens (including phenoxy) is 1. The van der Waals surface area contributed by atoms with Crippen molar-refractivity contribution in [3.8, 4) is 0 Å². The fraction of sp³-hybridized carbons (Fsp3) is 0.733. The Morgan fingerprint density at radius 2 is 2.22 bits per heavy atom. The predicted molar refractivity (Wildman–Crippen MR) is 105 cm³/mol. The van der Waals surface area contributed by atoms with Crippen LogP contribution in [0.2, 0.25) is 0 Å². The van der Waals surface area contributed by atoms with Crippen molar-refractivity contribution >= 4 is 41.3 Å². The van der Waals surface area contributed by atoms with Gasteiger partial charge in [-0.05, 0) is 19.8 Å². The zero-order valence-electron chi connectivity index (χ0n) is 14.0. The second kappa shape index (κ2) is 9.75. The molecule has 2 N–H and O–H groups in total. The number of thiazole rings is 1. The van der Waals surface area contributed by atoms with Crippen molar-refractivity contribution in [2.75, 3.05) is 40.5 Å². The van der Waals surface area contributed by atoms with Crippen LogP contribution in [0, 0.1) is 12.3 Å². The summed E-state index contributed by atoms with van der Waals surface area (Å²) in [7, 11) is 3.78. The number of halogens is 1. The van der Waals surface area contributed by atoms with Crippen molar-refractivity contribution in [3.05, 3.63) is 16.1 Å². The molecule has 1 aliphatic rings. The number of hydrogen-bond acceptors (Lipinski definition) is 5. The van der Waals surface area contributed by atoms with Crippen molar-refractivity contribution in [1.29, 1.82) is 0 Å². The molecule has 23 heavy (non-hydrogen) atoms. The Bertz CT molecular complexity index is 503. The Morgan fingerprint density at radius 1 is 1.52 bits per heavy atom. The van der Waals surface area contributed by atoms with E-state index in [4.69, 9.17) is 4.74 Å². The Morgan fingerprint density at radius 3 is 2.74 bits per heavy atom. The van der Waals surface area contributed by atoms with E-state index in [1.165, 1.54) is 0 Å². The lowest BCUT2D eigenvalue weighted by Gasteiger charge is -2.36. The van der Waals surface area contributed by atoms with Crippen LogP contribution in [0.1, 0.15) is 23.5 Å². The summed E-state index contributed by atoms with van der Waals surface area (Å²) in [6.07, 6.45) is 1.75. The summed E-state index contributed by atoms with van der Waals surface area (Å²) < 4.78 is 5.40. The molecule has 1 aromatic heterocycles. The number of aliphatic hydroxyl groups excluding tert-OH is 1. The molecular formula is C15H27IN4O2S. The average molecular weight is 454 g/mol. The Balaban J connectivity index is 0.00000264. The summed E-state index contributed by atoms with van der Waals surface area (Å²) in [6, 6.07) is 0. The Labute approximate surface area is 159 Å². The monoisotopic (exact) mass is 454 g/mol. The Hall–Kier alpha value is -0.450. The molecule has 0 aliphatic carbocycles. The van der Waals surface area contributed by atoms with Crippen molar-refractivity contribution in [3.63, 3.8) is 0 Å². The van der Waals surface area contributed by atoms with E-state index in [0.717, 1.165) is 49.3 Å². The largest absolute Gasteiger partial charge is 0.396 e. The highest BCUT2D eigenvalue weighted by Gasteiger charge is 2.32. The van der Waals surface area contributed by atoms with Gasteiger partial charge in [0.05, 0.1) is 23.9 Å². The molecule has 0 spiro atoms. The molecular weight excluding hydrogens is 427 g/mol. The number of nitrogens with zero attached hydrogens (tertiary/aromatic N) is 3. The third-order valence-corrected chi connectivity index (χ3v) is 4.97. The number of aromatic nitrogens is 1. The fourth-order valence-electron chi connectivity index (χ4n) is 2.65. The molecule has 0 bridgehead atoms. The van der Waals surface area contributed by atoms with Crippen molar-refractivity contribution in [1.82, 2.24) is 15.2 Å². The van der Waals surface area contributed by atoms with Crippen LogP contribution in [-0.4, -0.2) is 61.4 Å². The molecule has 0 saturated carbocycles. The minimum atomic E-state index is -0.105. The topological polar surface area (TPSA) is 70.0 Å². The van der Waals surface area contributed by atoms with E-state index >= 15 is 0 Å². The van der Waals surface area contributed by atoms with Gasteiger partial charge in [0.2, 0.25) is 0 Å². The average Bonchev–Trinajstić information content (AvgIpc) is 2.94. The third kappa shape index (κ3) is 5.84. The second-order valence-electron chi connectivity index (χ2n) is 5.89. The predicted octanol–water partition coefficient (Wildman–Crippen LogP) is 1.87. The molecule has 132 valence electrons. The maximum Gasteiger partial charge on any atom is 0.193 e. The minimum absolute atomic E-state index is 0. The molecule has 0 aromatic carbocycles. The molecule has 2 heterocycles. The van der Waals surface area contributed by atoms with E-state index in [1.54, 1.807) is 18.4 Å². The van der Waals surface area contributed by atoms with E-state index in [1.807, 2.05) is 14.0 Å². The summed E-state index contributed by atoms with van der Waals surface area (Å²) in [6.45, 7) is 5.05. The lowest BCUT2D eigenvalue weighted by molar-refractivity contribution is -0.0134. The van der Waals surface area contributed by atoms with Gasteiger partial charge in [0.1, 0.15) is 0 Å². The number of aliphatic hydroxyl groups is 1. The van der Waals surface area contributed by atoms with Gasteiger partial charge in [-0.3, -0.25) is 4.99 Å². The normalized spacial score (nSPS) is 17.5. The summed E-state index contributed by atoms with van der Waals surface area (Å²) in [5, 5.41) is 16.3. The number of aliphatic imine (C=N–C) groups is 1. The van der Waals surface area contributed by atoms with Gasteiger partial charge in [-0.15, -0.1) is 35.3 Å². The molecule has 8 heteroatoms. The number of nitrogens with one attached hydrogen (secondary N) is 1. The lowest BCUT2D eigenvalue weighted by Crippen LogP contribution is -2.47. The summed E-state index contributed by atoms with van der Waals surface area (Å²) in [5.41, 5.74) is 0.947. The first-order valence-corrected chi connectivity index (χ1v) is 8.48. The second-order valence-corrected chi connectivity index (χ2v) is 6.95. The molecule has 1 fully saturated rings. The van der Waals surface area contributed by atoms with Crippen molar-refractivity contribution in [2.24, 2.45) is 10.4 Å². The van der Waals surface area contributed by atoms with Crippen LogP contribution in [0.3, 0.4) is 0 Å². The highest BCUT2D eigenvalue weighted by Crippen LogP contribution is 2.29. The minimum Gasteiger partial charge on any atom is -0.396 e. The number of guanidine groups is 1. The van der Waals surface area contributed by atoms with Gasteiger partial charge in [-0.2, -0.15) is 0 Å². The molecule has 0 atom stereocenters. The molecule has 1 saturated heterocycles. The number of hydrogen-bond donors (Lipinski definition) is 2. The maximum absolute atomic E-state index is 9.75.